The highest BCUT2D eigenvalue weighted by atomic mass is 35.5. The second-order valence-corrected chi connectivity index (χ2v) is 4.93. The molecule has 0 spiro atoms. The molecule has 0 saturated carbocycles. The highest BCUT2D eigenvalue weighted by Crippen LogP contribution is 2.13. The van der Waals surface area contributed by atoms with Gasteiger partial charge in [0.15, 0.2) is 0 Å². The standard InChI is InChI=1S/C14H17N5O.2ClH/c20-14(13-2-1-7-16-13)18-12-5-3-11(4-6-12)8-19-10-15-9-17-19;;/h3-6,9-10,13,16H,1-2,7-8H2,(H,18,20);2*1H. The monoisotopic (exact) mass is 343 g/mol. The Hall–Kier alpha value is -1.63. The van der Waals surface area contributed by atoms with Gasteiger partial charge in [0.05, 0.1) is 12.6 Å². The van der Waals surface area contributed by atoms with Crippen molar-refractivity contribution in [3.8, 4) is 0 Å². The van der Waals surface area contributed by atoms with Crippen molar-refractivity contribution in [2.45, 2.75) is 25.4 Å². The lowest BCUT2D eigenvalue weighted by Crippen LogP contribution is -2.35. The fourth-order valence-electron chi connectivity index (χ4n) is 2.33. The van der Waals surface area contributed by atoms with Crippen molar-refractivity contribution >= 4 is 36.4 Å². The summed E-state index contributed by atoms with van der Waals surface area (Å²) in [4.78, 5) is 15.9. The number of nitrogens with one attached hydrogen (secondary N) is 2. The molecule has 0 bridgehead atoms. The average molecular weight is 344 g/mol. The summed E-state index contributed by atoms with van der Waals surface area (Å²) in [7, 11) is 0. The summed E-state index contributed by atoms with van der Waals surface area (Å²) in [5.41, 5.74) is 1.94. The number of amides is 1. The summed E-state index contributed by atoms with van der Waals surface area (Å²) >= 11 is 0. The first-order valence-electron chi connectivity index (χ1n) is 6.77. The Labute approximate surface area is 141 Å². The van der Waals surface area contributed by atoms with Crippen LogP contribution in [0, 0.1) is 0 Å². The molecule has 1 unspecified atom stereocenters. The molecule has 0 aliphatic carbocycles. The van der Waals surface area contributed by atoms with Crippen LogP contribution in [-0.2, 0) is 11.3 Å². The topological polar surface area (TPSA) is 71.8 Å². The van der Waals surface area contributed by atoms with Gasteiger partial charge in [0.25, 0.3) is 0 Å². The first-order valence-corrected chi connectivity index (χ1v) is 6.77. The zero-order valence-electron chi connectivity index (χ0n) is 11.9. The normalized spacial score (nSPS) is 16.5. The first kappa shape index (κ1) is 18.4. The van der Waals surface area contributed by atoms with Gasteiger partial charge in [-0.1, -0.05) is 12.1 Å². The molecule has 6 nitrogen and oxygen atoms in total. The van der Waals surface area contributed by atoms with E-state index in [0.29, 0.717) is 6.54 Å². The van der Waals surface area contributed by atoms with E-state index in [-0.39, 0.29) is 36.8 Å². The summed E-state index contributed by atoms with van der Waals surface area (Å²) in [5.74, 6) is 0.0477. The third kappa shape index (κ3) is 4.69. The van der Waals surface area contributed by atoms with E-state index in [1.54, 1.807) is 11.0 Å². The van der Waals surface area contributed by atoms with Gasteiger partial charge in [-0.25, -0.2) is 9.67 Å². The molecule has 1 aromatic carbocycles. The van der Waals surface area contributed by atoms with E-state index in [4.69, 9.17) is 0 Å². The van der Waals surface area contributed by atoms with Gasteiger partial charge in [0.1, 0.15) is 12.7 Å². The number of aromatic nitrogens is 3. The van der Waals surface area contributed by atoms with Crippen LogP contribution < -0.4 is 10.6 Å². The van der Waals surface area contributed by atoms with Gasteiger partial charge in [-0.05, 0) is 37.1 Å². The molecule has 120 valence electrons. The second kappa shape index (κ2) is 8.73. The summed E-state index contributed by atoms with van der Waals surface area (Å²) < 4.78 is 1.76. The maximum atomic E-state index is 12.0. The van der Waals surface area contributed by atoms with Gasteiger partial charge in [-0.2, -0.15) is 5.10 Å². The molecule has 1 atom stereocenters. The number of nitrogens with zero attached hydrogens (tertiary/aromatic N) is 3. The number of carbonyl (C=O) groups excluding carboxylic acids is 1. The molecule has 1 aromatic heterocycles. The molecule has 2 aromatic rings. The van der Waals surface area contributed by atoms with E-state index in [2.05, 4.69) is 20.7 Å². The summed E-state index contributed by atoms with van der Waals surface area (Å²) in [6, 6.07) is 7.75. The van der Waals surface area contributed by atoms with E-state index in [0.717, 1.165) is 30.6 Å². The summed E-state index contributed by atoms with van der Waals surface area (Å²) in [5, 5.41) is 10.2. The van der Waals surface area contributed by atoms with Crippen molar-refractivity contribution in [2.24, 2.45) is 0 Å². The lowest BCUT2D eigenvalue weighted by molar-refractivity contribution is -0.117. The van der Waals surface area contributed by atoms with Crippen LogP contribution in [0.1, 0.15) is 18.4 Å². The van der Waals surface area contributed by atoms with E-state index >= 15 is 0 Å². The SMILES string of the molecule is Cl.Cl.O=C(Nc1ccc(Cn2cncn2)cc1)C1CCCN1. The lowest BCUT2D eigenvalue weighted by Gasteiger charge is -2.11. The molecular formula is C14H19Cl2N5O. The largest absolute Gasteiger partial charge is 0.325 e. The van der Waals surface area contributed by atoms with Crippen molar-refractivity contribution in [1.29, 1.82) is 0 Å². The van der Waals surface area contributed by atoms with E-state index in [1.807, 2.05) is 24.3 Å². The smallest absolute Gasteiger partial charge is 0.241 e. The number of benzene rings is 1. The van der Waals surface area contributed by atoms with Crippen molar-refractivity contribution in [1.82, 2.24) is 20.1 Å². The number of carbonyl (C=O) groups is 1. The Morgan fingerprint density at radius 1 is 1.32 bits per heavy atom. The first-order chi connectivity index (χ1) is 9.81. The molecule has 1 fully saturated rings. The summed E-state index contributed by atoms with van der Waals surface area (Å²) in [6.45, 7) is 1.60. The van der Waals surface area contributed by atoms with Crippen LogP contribution in [0.5, 0.6) is 0 Å². The average Bonchev–Trinajstić information content (AvgIpc) is 3.13. The Bertz CT molecular complexity index is 567. The summed E-state index contributed by atoms with van der Waals surface area (Å²) in [6.07, 6.45) is 5.18. The van der Waals surface area contributed by atoms with Crippen LogP contribution in [0.3, 0.4) is 0 Å². The van der Waals surface area contributed by atoms with Crippen LogP contribution in [0.25, 0.3) is 0 Å². The van der Waals surface area contributed by atoms with Crippen molar-refractivity contribution in [2.75, 3.05) is 11.9 Å². The van der Waals surface area contributed by atoms with Gasteiger partial charge in [-0.3, -0.25) is 4.79 Å². The maximum Gasteiger partial charge on any atom is 0.241 e. The molecule has 8 heteroatoms. The third-order valence-electron chi connectivity index (χ3n) is 3.41. The van der Waals surface area contributed by atoms with Crippen molar-refractivity contribution in [3.63, 3.8) is 0 Å². The number of rotatable bonds is 4. The molecule has 1 amide bonds. The van der Waals surface area contributed by atoms with Gasteiger partial charge in [-0.15, -0.1) is 24.8 Å². The minimum Gasteiger partial charge on any atom is -0.325 e. The van der Waals surface area contributed by atoms with Crippen LogP contribution in [0.15, 0.2) is 36.9 Å². The van der Waals surface area contributed by atoms with Crippen molar-refractivity contribution < 1.29 is 4.79 Å². The fourth-order valence-corrected chi connectivity index (χ4v) is 2.33. The fraction of sp³-hybridized carbons (Fsp3) is 0.357. The number of anilines is 1. The van der Waals surface area contributed by atoms with Gasteiger partial charge in [0.2, 0.25) is 5.91 Å². The van der Waals surface area contributed by atoms with Crippen molar-refractivity contribution in [3.05, 3.63) is 42.5 Å². The molecule has 22 heavy (non-hydrogen) atoms. The van der Waals surface area contributed by atoms with Crippen LogP contribution in [0.2, 0.25) is 0 Å². The van der Waals surface area contributed by atoms with Gasteiger partial charge in [0, 0.05) is 5.69 Å². The molecule has 3 rings (SSSR count). The number of halogens is 2. The zero-order chi connectivity index (χ0) is 13.8. The molecule has 2 heterocycles. The molecule has 1 aliphatic heterocycles. The second-order valence-electron chi connectivity index (χ2n) is 4.93. The quantitative estimate of drug-likeness (QED) is 0.888. The van der Waals surface area contributed by atoms with Crippen LogP contribution in [-0.4, -0.2) is 33.3 Å². The van der Waals surface area contributed by atoms with E-state index in [9.17, 15) is 4.79 Å². The predicted octanol–water partition coefficient (Wildman–Crippen LogP) is 1.86. The van der Waals surface area contributed by atoms with Crippen LogP contribution in [0.4, 0.5) is 5.69 Å². The molecule has 2 N–H and O–H groups in total. The van der Waals surface area contributed by atoms with Crippen LogP contribution >= 0.6 is 24.8 Å². The van der Waals surface area contributed by atoms with E-state index in [1.165, 1.54) is 6.33 Å². The Balaban J connectivity index is 0.00000121. The Morgan fingerprint density at radius 2 is 2.09 bits per heavy atom. The van der Waals surface area contributed by atoms with E-state index < -0.39 is 0 Å². The minimum absolute atomic E-state index is 0. The number of hydrogen-bond acceptors (Lipinski definition) is 4. The third-order valence-corrected chi connectivity index (χ3v) is 3.41. The van der Waals surface area contributed by atoms with Gasteiger partial charge >= 0.3 is 0 Å². The lowest BCUT2D eigenvalue weighted by atomic mass is 10.2. The molecular weight excluding hydrogens is 325 g/mol. The molecule has 1 aliphatic rings. The highest BCUT2D eigenvalue weighted by molar-refractivity contribution is 5.95. The zero-order valence-corrected chi connectivity index (χ0v) is 13.6. The highest BCUT2D eigenvalue weighted by Gasteiger charge is 2.21. The minimum atomic E-state index is -0.0511. The predicted molar refractivity (Wildman–Crippen MR) is 89.7 cm³/mol. The van der Waals surface area contributed by atoms with Gasteiger partial charge < -0.3 is 10.6 Å². The molecule has 0 radical (unpaired) electrons. The maximum absolute atomic E-state index is 12.0. The Morgan fingerprint density at radius 3 is 2.68 bits per heavy atom. The Kier molecular flexibility index (Phi) is 7.31. The number of hydrogen-bond donors (Lipinski definition) is 2. The molecule has 1 saturated heterocycles.